The van der Waals surface area contributed by atoms with Crippen LogP contribution in [0.1, 0.15) is 32.0 Å². The van der Waals surface area contributed by atoms with Crippen LogP contribution in [0.5, 0.6) is 0 Å². The molecular formula is C15H26N4O6S. The molecule has 0 saturated carbocycles. The van der Waals surface area contributed by atoms with Gasteiger partial charge in [-0.25, -0.2) is 9.71 Å². The first-order valence-corrected chi connectivity index (χ1v) is 9.85. The van der Waals surface area contributed by atoms with Crippen LogP contribution in [0.2, 0.25) is 0 Å². The van der Waals surface area contributed by atoms with Crippen LogP contribution in [0.15, 0.2) is 12.4 Å². The van der Waals surface area contributed by atoms with Crippen LogP contribution in [-0.2, 0) is 32.8 Å². The molecule has 148 valence electrons. The fourth-order valence-corrected chi connectivity index (χ4v) is 4.09. The highest BCUT2D eigenvalue weighted by Crippen LogP contribution is 2.18. The van der Waals surface area contributed by atoms with Crippen LogP contribution in [0.3, 0.4) is 0 Å². The van der Waals surface area contributed by atoms with E-state index in [-0.39, 0.29) is 13.0 Å². The summed E-state index contributed by atoms with van der Waals surface area (Å²) in [4.78, 5) is 23.6. The summed E-state index contributed by atoms with van der Waals surface area (Å²) in [6.45, 7) is 3.21. The molecule has 1 aromatic rings. The number of carboxylic acids is 1. The van der Waals surface area contributed by atoms with Gasteiger partial charge in [-0.3, -0.25) is 9.59 Å². The van der Waals surface area contributed by atoms with E-state index in [0.29, 0.717) is 38.9 Å². The lowest BCUT2D eigenvalue weighted by atomic mass is 10.0. The van der Waals surface area contributed by atoms with Crippen molar-refractivity contribution in [3.63, 3.8) is 0 Å². The summed E-state index contributed by atoms with van der Waals surface area (Å²) in [6.07, 6.45) is 6.22. The van der Waals surface area contributed by atoms with E-state index in [1.165, 1.54) is 4.31 Å². The van der Waals surface area contributed by atoms with Crippen molar-refractivity contribution in [3.05, 3.63) is 18.2 Å². The number of imidazole rings is 1. The third-order valence-electron chi connectivity index (χ3n) is 4.05. The Morgan fingerprint density at radius 2 is 2.19 bits per heavy atom. The van der Waals surface area contributed by atoms with Crippen molar-refractivity contribution in [2.45, 2.75) is 39.2 Å². The third kappa shape index (κ3) is 6.73. The fraction of sp³-hybridized carbons (Fsp3) is 0.667. The van der Waals surface area contributed by atoms with E-state index < -0.39 is 22.1 Å². The Bertz CT molecular complexity index is 675. The monoisotopic (exact) mass is 390 g/mol. The summed E-state index contributed by atoms with van der Waals surface area (Å²) in [5.74, 6) is -0.566. The van der Waals surface area contributed by atoms with Crippen molar-refractivity contribution in [1.29, 1.82) is 0 Å². The van der Waals surface area contributed by atoms with Crippen molar-refractivity contribution in [2.75, 3.05) is 19.6 Å². The van der Waals surface area contributed by atoms with Crippen LogP contribution >= 0.6 is 0 Å². The van der Waals surface area contributed by atoms with Crippen LogP contribution in [-0.4, -0.2) is 64.6 Å². The van der Waals surface area contributed by atoms with E-state index in [0.717, 1.165) is 12.2 Å². The molecule has 0 aromatic carbocycles. The smallest absolute Gasteiger partial charge is 0.307 e. The number of carboxylic acid groups (broad SMARTS) is 2. The number of nitrogens with one attached hydrogen (secondary N) is 1. The summed E-state index contributed by atoms with van der Waals surface area (Å²) < 4.78 is 30.3. The van der Waals surface area contributed by atoms with Gasteiger partial charge in [0.15, 0.2) is 0 Å². The van der Waals surface area contributed by atoms with Crippen molar-refractivity contribution in [2.24, 2.45) is 5.92 Å². The molecule has 1 aliphatic rings. The average molecular weight is 390 g/mol. The zero-order chi connectivity index (χ0) is 19.6. The van der Waals surface area contributed by atoms with E-state index in [1.807, 2.05) is 17.7 Å². The van der Waals surface area contributed by atoms with Gasteiger partial charge in [0.25, 0.3) is 16.7 Å². The lowest BCUT2D eigenvalue weighted by Crippen LogP contribution is -2.47. The molecular weight excluding hydrogens is 364 g/mol. The highest BCUT2D eigenvalue weighted by Gasteiger charge is 2.31. The number of piperidine rings is 1. The van der Waals surface area contributed by atoms with Gasteiger partial charge in [-0.2, -0.15) is 12.7 Å². The molecule has 1 fully saturated rings. The molecule has 1 atom stereocenters. The molecule has 1 saturated heterocycles. The van der Waals surface area contributed by atoms with E-state index in [4.69, 9.17) is 15.0 Å². The Morgan fingerprint density at radius 1 is 1.50 bits per heavy atom. The van der Waals surface area contributed by atoms with E-state index in [1.54, 1.807) is 6.20 Å². The molecule has 1 unspecified atom stereocenters. The predicted molar refractivity (Wildman–Crippen MR) is 93.8 cm³/mol. The van der Waals surface area contributed by atoms with Gasteiger partial charge in [0, 0.05) is 45.0 Å². The normalized spacial score (nSPS) is 18.0. The SMILES string of the molecule is CCc1nccn1CCCNS(=O)(=O)N1CCCC(C(=O)O)C1.O=CO. The van der Waals surface area contributed by atoms with Gasteiger partial charge in [-0.05, 0) is 19.3 Å². The van der Waals surface area contributed by atoms with Crippen LogP contribution < -0.4 is 4.72 Å². The Kier molecular flexibility index (Phi) is 9.24. The highest BCUT2D eigenvalue weighted by atomic mass is 32.2. The standard InChI is InChI=1S/C14H24N4O4S.CH2O2/c1-2-13-15-7-10-17(13)8-4-6-16-23(21,22)18-9-3-5-12(11-18)14(19)20;2-1-3/h7,10,12,16H,2-6,8-9,11H2,1H3,(H,19,20);1H,(H,2,3). The van der Waals surface area contributed by atoms with Gasteiger partial charge in [-0.15, -0.1) is 0 Å². The van der Waals surface area contributed by atoms with Crippen LogP contribution in [0.25, 0.3) is 0 Å². The zero-order valence-corrected chi connectivity index (χ0v) is 15.6. The highest BCUT2D eigenvalue weighted by molar-refractivity contribution is 7.87. The molecule has 10 nitrogen and oxygen atoms in total. The number of rotatable bonds is 8. The molecule has 26 heavy (non-hydrogen) atoms. The Morgan fingerprint density at radius 3 is 2.81 bits per heavy atom. The number of carbonyl (C=O) groups is 2. The lowest BCUT2D eigenvalue weighted by Gasteiger charge is -2.29. The first-order chi connectivity index (χ1) is 12.4. The average Bonchev–Trinajstić information content (AvgIpc) is 3.07. The third-order valence-corrected chi connectivity index (χ3v) is 5.63. The van der Waals surface area contributed by atoms with Gasteiger partial charge < -0.3 is 14.8 Å². The number of nitrogens with zero attached hydrogens (tertiary/aromatic N) is 3. The molecule has 0 radical (unpaired) electrons. The maximum absolute atomic E-state index is 12.2. The van der Waals surface area contributed by atoms with Gasteiger partial charge in [0.1, 0.15) is 5.82 Å². The Hall–Kier alpha value is -1.98. The molecule has 1 aromatic heterocycles. The molecule has 0 spiro atoms. The van der Waals surface area contributed by atoms with Gasteiger partial charge in [0.2, 0.25) is 0 Å². The second-order valence-corrected chi connectivity index (χ2v) is 7.54. The number of hydrogen-bond acceptors (Lipinski definition) is 5. The second kappa shape index (κ2) is 10.9. The molecule has 0 amide bonds. The number of aliphatic carboxylic acids is 1. The minimum Gasteiger partial charge on any atom is -0.483 e. The molecule has 2 heterocycles. The minimum atomic E-state index is -3.61. The number of aromatic nitrogens is 2. The first-order valence-electron chi connectivity index (χ1n) is 8.41. The summed E-state index contributed by atoms with van der Waals surface area (Å²) >= 11 is 0. The zero-order valence-electron chi connectivity index (χ0n) is 14.7. The lowest BCUT2D eigenvalue weighted by molar-refractivity contribution is -0.142. The fourth-order valence-electron chi connectivity index (χ4n) is 2.76. The number of hydrogen-bond donors (Lipinski definition) is 3. The summed E-state index contributed by atoms with van der Waals surface area (Å²) in [5.41, 5.74) is 0. The maximum Gasteiger partial charge on any atom is 0.307 e. The molecule has 2 rings (SSSR count). The van der Waals surface area contributed by atoms with Gasteiger partial charge in [-0.1, -0.05) is 6.92 Å². The first kappa shape index (κ1) is 22.1. The summed E-state index contributed by atoms with van der Waals surface area (Å²) in [5, 5.41) is 15.9. The van der Waals surface area contributed by atoms with Gasteiger partial charge in [0.05, 0.1) is 5.92 Å². The minimum absolute atomic E-state index is 0.0478. The molecule has 0 bridgehead atoms. The van der Waals surface area contributed by atoms with Gasteiger partial charge >= 0.3 is 5.97 Å². The second-order valence-electron chi connectivity index (χ2n) is 5.78. The van der Waals surface area contributed by atoms with E-state index >= 15 is 0 Å². The van der Waals surface area contributed by atoms with Crippen molar-refractivity contribution in [3.8, 4) is 0 Å². The molecule has 0 aliphatic carbocycles. The Labute approximate surface area is 153 Å². The van der Waals surface area contributed by atoms with Crippen molar-refractivity contribution >= 4 is 22.7 Å². The van der Waals surface area contributed by atoms with E-state index in [2.05, 4.69) is 9.71 Å². The topological polar surface area (TPSA) is 142 Å². The quantitative estimate of drug-likeness (QED) is 0.424. The molecule has 3 N–H and O–H groups in total. The summed E-state index contributed by atoms with van der Waals surface area (Å²) in [7, 11) is -3.61. The van der Waals surface area contributed by atoms with E-state index in [9.17, 15) is 13.2 Å². The maximum atomic E-state index is 12.2. The van der Waals surface area contributed by atoms with Crippen molar-refractivity contribution in [1.82, 2.24) is 18.6 Å². The predicted octanol–water partition coefficient (Wildman–Crippen LogP) is 0.167. The largest absolute Gasteiger partial charge is 0.483 e. The van der Waals surface area contributed by atoms with Crippen LogP contribution in [0.4, 0.5) is 0 Å². The Balaban J connectivity index is 0.00000105. The number of aryl methyl sites for hydroxylation is 2. The van der Waals surface area contributed by atoms with Crippen molar-refractivity contribution < 1.29 is 28.2 Å². The van der Waals surface area contributed by atoms with Crippen LogP contribution in [0, 0.1) is 5.92 Å². The summed E-state index contributed by atoms with van der Waals surface area (Å²) in [6, 6.07) is 0. The molecule has 1 aliphatic heterocycles. The molecule has 11 heteroatoms.